The summed E-state index contributed by atoms with van der Waals surface area (Å²) >= 11 is 12.2. The van der Waals surface area contributed by atoms with Gasteiger partial charge in [-0.1, -0.05) is 35.3 Å². The number of halogens is 2. The number of nitrogens with one attached hydrogen (secondary N) is 1. The summed E-state index contributed by atoms with van der Waals surface area (Å²) in [6.45, 7) is 1.88. The molecule has 7 heteroatoms. The number of carbonyl (C=O) groups is 1. The van der Waals surface area contributed by atoms with Gasteiger partial charge in [0.15, 0.2) is 17.6 Å². The second kappa shape index (κ2) is 8.83. The molecule has 0 spiro atoms. The number of rotatable bonds is 7. The van der Waals surface area contributed by atoms with Gasteiger partial charge in [-0.2, -0.15) is 0 Å². The van der Waals surface area contributed by atoms with Crippen LogP contribution in [-0.2, 0) is 11.3 Å². The predicted molar refractivity (Wildman–Crippen MR) is 97.9 cm³/mol. The minimum atomic E-state index is -0.709. The first-order valence-corrected chi connectivity index (χ1v) is 8.31. The van der Waals surface area contributed by atoms with Crippen molar-refractivity contribution in [3.8, 4) is 17.2 Å². The standard InChI is InChI=1S/C18H19Cl2NO4/c1-11(25-15-7-5-4-6-13(15)19)18(22)21-10-12-8-16(23-2)17(24-3)9-14(12)20/h4-9,11H,10H2,1-3H3,(H,21,22). The SMILES string of the molecule is COc1cc(Cl)c(CNC(=O)C(C)Oc2ccccc2Cl)cc1OC. The highest BCUT2D eigenvalue weighted by atomic mass is 35.5. The van der Waals surface area contributed by atoms with E-state index in [0.717, 1.165) is 0 Å². The lowest BCUT2D eigenvalue weighted by Crippen LogP contribution is -2.36. The Hall–Kier alpha value is -2.11. The van der Waals surface area contributed by atoms with Gasteiger partial charge in [-0.25, -0.2) is 0 Å². The molecule has 1 amide bonds. The van der Waals surface area contributed by atoms with E-state index in [-0.39, 0.29) is 12.5 Å². The highest BCUT2D eigenvalue weighted by Crippen LogP contribution is 2.33. The monoisotopic (exact) mass is 383 g/mol. The van der Waals surface area contributed by atoms with Crippen LogP contribution in [0.4, 0.5) is 0 Å². The van der Waals surface area contributed by atoms with E-state index in [1.165, 1.54) is 14.2 Å². The Bertz CT molecular complexity index is 752. The molecule has 2 aromatic carbocycles. The normalized spacial score (nSPS) is 11.6. The topological polar surface area (TPSA) is 56.8 Å². The number of carbonyl (C=O) groups excluding carboxylic acids is 1. The van der Waals surface area contributed by atoms with Crippen LogP contribution in [0.25, 0.3) is 0 Å². The van der Waals surface area contributed by atoms with Gasteiger partial charge in [0.05, 0.1) is 19.2 Å². The van der Waals surface area contributed by atoms with Crippen LogP contribution in [0.3, 0.4) is 0 Å². The first-order valence-electron chi connectivity index (χ1n) is 7.55. The molecule has 0 bridgehead atoms. The van der Waals surface area contributed by atoms with E-state index >= 15 is 0 Å². The average Bonchev–Trinajstić information content (AvgIpc) is 2.61. The number of ether oxygens (including phenoxy) is 3. The number of para-hydroxylation sites is 1. The first-order chi connectivity index (χ1) is 12.0. The molecule has 2 rings (SSSR count). The highest BCUT2D eigenvalue weighted by Gasteiger charge is 2.17. The van der Waals surface area contributed by atoms with Crippen molar-refractivity contribution in [1.29, 1.82) is 0 Å². The molecule has 0 aliphatic rings. The number of methoxy groups -OCH3 is 2. The number of hydrogen-bond donors (Lipinski definition) is 1. The highest BCUT2D eigenvalue weighted by molar-refractivity contribution is 6.32. The van der Waals surface area contributed by atoms with Crippen molar-refractivity contribution >= 4 is 29.1 Å². The Labute approximate surface area is 156 Å². The van der Waals surface area contributed by atoms with Gasteiger partial charge in [0.1, 0.15) is 5.75 Å². The van der Waals surface area contributed by atoms with Crippen molar-refractivity contribution in [2.45, 2.75) is 19.6 Å². The summed E-state index contributed by atoms with van der Waals surface area (Å²) in [6, 6.07) is 10.4. The lowest BCUT2D eigenvalue weighted by molar-refractivity contribution is -0.127. The average molecular weight is 384 g/mol. The van der Waals surface area contributed by atoms with E-state index in [1.807, 2.05) is 0 Å². The van der Waals surface area contributed by atoms with Gasteiger partial charge in [-0.15, -0.1) is 0 Å². The van der Waals surface area contributed by atoms with Crippen LogP contribution < -0.4 is 19.5 Å². The minimum absolute atomic E-state index is 0.230. The summed E-state index contributed by atoms with van der Waals surface area (Å²) in [6.07, 6.45) is -0.709. The molecule has 25 heavy (non-hydrogen) atoms. The smallest absolute Gasteiger partial charge is 0.261 e. The van der Waals surface area contributed by atoms with Crippen molar-refractivity contribution in [3.63, 3.8) is 0 Å². The maximum Gasteiger partial charge on any atom is 0.261 e. The fourth-order valence-corrected chi connectivity index (χ4v) is 2.54. The van der Waals surface area contributed by atoms with Gasteiger partial charge < -0.3 is 19.5 Å². The summed E-state index contributed by atoms with van der Waals surface area (Å²) in [5.74, 6) is 1.23. The van der Waals surface area contributed by atoms with E-state index in [0.29, 0.717) is 32.9 Å². The van der Waals surface area contributed by atoms with Crippen LogP contribution >= 0.6 is 23.2 Å². The Morgan fingerprint density at radius 2 is 1.68 bits per heavy atom. The van der Waals surface area contributed by atoms with E-state index in [1.54, 1.807) is 43.3 Å². The van der Waals surface area contributed by atoms with Crippen molar-refractivity contribution in [3.05, 3.63) is 52.0 Å². The molecule has 0 heterocycles. The van der Waals surface area contributed by atoms with Gasteiger partial charge in [-0.05, 0) is 30.7 Å². The zero-order valence-electron chi connectivity index (χ0n) is 14.1. The van der Waals surface area contributed by atoms with Gasteiger partial charge in [0, 0.05) is 17.6 Å². The van der Waals surface area contributed by atoms with Crippen LogP contribution in [0.5, 0.6) is 17.2 Å². The molecule has 1 atom stereocenters. The zero-order valence-corrected chi connectivity index (χ0v) is 15.6. The lowest BCUT2D eigenvalue weighted by Gasteiger charge is -2.16. The molecule has 0 saturated carbocycles. The van der Waals surface area contributed by atoms with Crippen molar-refractivity contribution in [2.24, 2.45) is 0 Å². The van der Waals surface area contributed by atoms with Crippen molar-refractivity contribution < 1.29 is 19.0 Å². The van der Waals surface area contributed by atoms with Crippen molar-refractivity contribution in [2.75, 3.05) is 14.2 Å². The molecule has 134 valence electrons. The second-order valence-corrected chi connectivity index (χ2v) is 6.02. The first kappa shape index (κ1) is 19.2. The Morgan fingerprint density at radius 3 is 2.32 bits per heavy atom. The zero-order chi connectivity index (χ0) is 18.4. The maximum absolute atomic E-state index is 12.2. The van der Waals surface area contributed by atoms with Gasteiger partial charge >= 0.3 is 0 Å². The fraction of sp³-hybridized carbons (Fsp3) is 0.278. The van der Waals surface area contributed by atoms with Crippen LogP contribution in [0.1, 0.15) is 12.5 Å². The largest absolute Gasteiger partial charge is 0.493 e. The lowest BCUT2D eigenvalue weighted by atomic mass is 10.2. The van der Waals surface area contributed by atoms with E-state index in [4.69, 9.17) is 37.4 Å². The molecule has 0 aromatic heterocycles. The Kier molecular flexibility index (Phi) is 6.79. The summed E-state index contributed by atoms with van der Waals surface area (Å²) in [7, 11) is 3.07. The molecule has 0 radical (unpaired) electrons. The quantitative estimate of drug-likeness (QED) is 0.781. The van der Waals surface area contributed by atoms with Gasteiger partial charge in [0.2, 0.25) is 0 Å². The summed E-state index contributed by atoms with van der Waals surface area (Å²) in [5.41, 5.74) is 0.706. The fourth-order valence-electron chi connectivity index (χ4n) is 2.14. The van der Waals surface area contributed by atoms with Crippen LogP contribution in [0.2, 0.25) is 10.0 Å². The van der Waals surface area contributed by atoms with E-state index in [9.17, 15) is 4.79 Å². The van der Waals surface area contributed by atoms with Crippen LogP contribution in [0.15, 0.2) is 36.4 Å². The Balaban J connectivity index is 2.01. The number of benzene rings is 2. The molecule has 5 nitrogen and oxygen atoms in total. The second-order valence-electron chi connectivity index (χ2n) is 5.21. The van der Waals surface area contributed by atoms with Crippen molar-refractivity contribution in [1.82, 2.24) is 5.32 Å². The molecule has 0 aliphatic carbocycles. The molecule has 1 unspecified atom stereocenters. The predicted octanol–water partition coefficient (Wildman–Crippen LogP) is 4.09. The van der Waals surface area contributed by atoms with Gasteiger partial charge in [-0.3, -0.25) is 4.79 Å². The summed E-state index contributed by atoms with van der Waals surface area (Å²) in [4.78, 5) is 12.2. The summed E-state index contributed by atoms with van der Waals surface area (Å²) in [5, 5.41) is 3.70. The molecule has 1 N–H and O–H groups in total. The number of hydrogen-bond acceptors (Lipinski definition) is 4. The molecular formula is C18H19Cl2NO4. The van der Waals surface area contributed by atoms with E-state index < -0.39 is 6.10 Å². The summed E-state index contributed by atoms with van der Waals surface area (Å²) < 4.78 is 16.0. The third-order valence-electron chi connectivity index (χ3n) is 3.52. The third-order valence-corrected chi connectivity index (χ3v) is 4.18. The maximum atomic E-state index is 12.2. The van der Waals surface area contributed by atoms with Crippen LogP contribution in [-0.4, -0.2) is 26.2 Å². The van der Waals surface area contributed by atoms with E-state index in [2.05, 4.69) is 5.32 Å². The number of amides is 1. The Morgan fingerprint density at radius 1 is 1.04 bits per heavy atom. The molecule has 0 fully saturated rings. The molecule has 0 aliphatic heterocycles. The third kappa shape index (κ3) is 4.94. The minimum Gasteiger partial charge on any atom is -0.493 e. The van der Waals surface area contributed by atoms with Gasteiger partial charge in [0.25, 0.3) is 5.91 Å². The van der Waals surface area contributed by atoms with Crippen LogP contribution in [0, 0.1) is 0 Å². The molecule has 0 saturated heterocycles. The molecular weight excluding hydrogens is 365 g/mol. The molecule has 2 aromatic rings.